The third kappa shape index (κ3) is 5.18. The van der Waals surface area contributed by atoms with Gasteiger partial charge in [0.15, 0.2) is 0 Å². The van der Waals surface area contributed by atoms with Gasteiger partial charge in [-0.3, -0.25) is 14.5 Å². The van der Waals surface area contributed by atoms with E-state index in [0.29, 0.717) is 12.3 Å². The van der Waals surface area contributed by atoms with Crippen LogP contribution in [0.4, 0.5) is 15.8 Å². The van der Waals surface area contributed by atoms with Gasteiger partial charge in [0.25, 0.3) is 0 Å². The number of carbonyl (C=O) groups is 2. The maximum absolute atomic E-state index is 14.5. The Morgan fingerprint density at radius 2 is 1.94 bits per heavy atom. The molecular formula is C25H23FN2O3S. The highest BCUT2D eigenvalue weighted by molar-refractivity contribution is 8.00. The van der Waals surface area contributed by atoms with Crippen LogP contribution < -0.4 is 10.2 Å². The van der Waals surface area contributed by atoms with E-state index in [0.717, 1.165) is 16.7 Å². The Morgan fingerprint density at radius 1 is 1.12 bits per heavy atom. The number of amides is 2. The highest BCUT2D eigenvalue weighted by Gasteiger charge is 2.35. The molecule has 32 heavy (non-hydrogen) atoms. The molecule has 1 heterocycles. The lowest BCUT2D eigenvalue weighted by Gasteiger charge is -2.25. The number of rotatable bonds is 7. The summed E-state index contributed by atoms with van der Waals surface area (Å²) in [6.45, 7) is 2.14. The van der Waals surface area contributed by atoms with Crippen LogP contribution in [0.25, 0.3) is 0 Å². The number of nitrogens with one attached hydrogen (secondary N) is 1. The van der Waals surface area contributed by atoms with Crippen LogP contribution in [-0.2, 0) is 20.9 Å². The molecule has 1 atom stereocenters. The quantitative estimate of drug-likeness (QED) is 0.546. The number of anilines is 2. The van der Waals surface area contributed by atoms with Gasteiger partial charge in [-0.2, -0.15) is 0 Å². The number of ether oxygens (including phenoxy) is 1. The van der Waals surface area contributed by atoms with Gasteiger partial charge in [-0.05, 0) is 47.9 Å². The summed E-state index contributed by atoms with van der Waals surface area (Å²) in [5, 5.41) is 2.46. The Bertz CT molecular complexity index is 1120. The third-order valence-electron chi connectivity index (χ3n) is 5.03. The van der Waals surface area contributed by atoms with E-state index in [1.807, 2.05) is 55.5 Å². The topological polar surface area (TPSA) is 58.6 Å². The van der Waals surface area contributed by atoms with Gasteiger partial charge in [0.2, 0.25) is 11.8 Å². The summed E-state index contributed by atoms with van der Waals surface area (Å²) < 4.78 is 20.0. The molecule has 3 aromatic carbocycles. The van der Waals surface area contributed by atoms with Crippen LogP contribution in [0.5, 0.6) is 0 Å². The molecule has 7 heteroatoms. The number of hydrogen-bond donors (Lipinski definition) is 1. The Labute approximate surface area is 190 Å². The molecule has 1 unspecified atom stereocenters. The molecule has 4 rings (SSSR count). The van der Waals surface area contributed by atoms with E-state index in [2.05, 4.69) is 5.32 Å². The lowest BCUT2D eigenvalue weighted by atomic mass is 10.1. The average Bonchev–Trinajstić information content (AvgIpc) is 3.17. The summed E-state index contributed by atoms with van der Waals surface area (Å²) in [6.07, 6.45) is 0. The van der Waals surface area contributed by atoms with E-state index in [1.165, 1.54) is 22.7 Å². The molecule has 1 fully saturated rings. The van der Waals surface area contributed by atoms with Gasteiger partial charge >= 0.3 is 0 Å². The van der Waals surface area contributed by atoms with E-state index in [1.54, 1.807) is 18.2 Å². The number of halogens is 1. The first-order valence-corrected chi connectivity index (χ1v) is 11.3. The average molecular weight is 451 g/mol. The summed E-state index contributed by atoms with van der Waals surface area (Å²) in [5.41, 5.74) is 3.55. The molecule has 1 aliphatic heterocycles. The first-order chi connectivity index (χ1) is 15.5. The van der Waals surface area contributed by atoms with Gasteiger partial charge in [0.05, 0.1) is 18.0 Å². The van der Waals surface area contributed by atoms with Gasteiger partial charge in [-0.15, -0.1) is 11.8 Å². The largest absolute Gasteiger partial charge is 0.367 e. The predicted octanol–water partition coefficient (Wildman–Crippen LogP) is 5.07. The van der Waals surface area contributed by atoms with Gasteiger partial charge in [0.1, 0.15) is 17.8 Å². The molecule has 0 bridgehead atoms. The summed E-state index contributed by atoms with van der Waals surface area (Å²) >= 11 is 1.43. The lowest BCUT2D eigenvalue weighted by Crippen LogP contribution is -2.29. The Balaban J connectivity index is 1.44. The highest BCUT2D eigenvalue weighted by atomic mass is 32.2. The Hall–Kier alpha value is -3.16. The molecule has 0 aromatic heterocycles. The second-order valence-corrected chi connectivity index (χ2v) is 8.60. The van der Waals surface area contributed by atoms with Crippen molar-refractivity contribution >= 4 is 35.0 Å². The van der Waals surface area contributed by atoms with Crippen molar-refractivity contribution in [2.75, 3.05) is 22.6 Å². The van der Waals surface area contributed by atoms with E-state index in [-0.39, 0.29) is 35.2 Å². The van der Waals surface area contributed by atoms with Crippen LogP contribution in [0.3, 0.4) is 0 Å². The summed E-state index contributed by atoms with van der Waals surface area (Å²) in [7, 11) is 0. The highest BCUT2D eigenvalue weighted by Crippen LogP contribution is 2.43. The molecule has 164 valence electrons. The van der Waals surface area contributed by atoms with Crippen molar-refractivity contribution in [3.05, 3.63) is 95.3 Å². The van der Waals surface area contributed by atoms with Gasteiger partial charge in [-0.25, -0.2) is 4.39 Å². The van der Waals surface area contributed by atoms with Gasteiger partial charge in [-0.1, -0.05) is 48.5 Å². The van der Waals surface area contributed by atoms with Crippen LogP contribution in [0.1, 0.15) is 22.1 Å². The minimum atomic E-state index is -0.434. The fraction of sp³-hybridized carbons (Fsp3) is 0.200. The summed E-state index contributed by atoms with van der Waals surface area (Å²) in [4.78, 5) is 26.4. The van der Waals surface area contributed by atoms with Crippen LogP contribution >= 0.6 is 11.8 Å². The molecule has 1 N–H and O–H groups in total. The predicted molar refractivity (Wildman–Crippen MR) is 125 cm³/mol. The zero-order valence-corrected chi connectivity index (χ0v) is 18.4. The number of nitrogens with zero attached hydrogens (tertiary/aromatic N) is 1. The molecule has 5 nitrogen and oxygen atoms in total. The lowest BCUT2D eigenvalue weighted by molar-refractivity contribution is -0.121. The first-order valence-electron chi connectivity index (χ1n) is 10.2. The molecule has 1 saturated heterocycles. The van der Waals surface area contributed by atoms with E-state index >= 15 is 0 Å². The molecule has 0 saturated carbocycles. The van der Waals surface area contributed by atoms with Crippen molar-refractivity contribution in [1.82, 2.24) is 0 Å². The standard InChI is InChI=1S/C25H23FN2O3S/c1-17-10-11-21(26)22(12-17)28-24(30)16-32-25(28)19-8-5-9-20(13-19)27-23(29)15-31-14-18-6-3-2-4-7-18/h2-13,25H,14-16H2,1H3,(H,27,29). The van der Waals surface area contributed by atoms with Crippen molar-refractivity contribution < 1.29 is 18.7 Å². The second-order valence-electron chi connectivity index (χ2n) is 7.53. The summed E-state index contributed by atoms with van der Waals surface area (Å²) in [6, 6.07) is 21.6. The van der Waals surface area contributed by atoms with Gasteiger partial charge in [0, 0.05) is 5.69 Å². The summed E-state index contributed by atoms with van der Waals surface area (Å²) in [5.74, 6) is -0.582. The first kappa shape index (κ1) is 22.0. The Morgan fingerprint density at radius 3 is 2.75 bits per heavy atom. The molecule has 0 radical (unpaired) electrons. The minimum Gasteiger partial charge on any atom is -0.367 e. The second kappa shape index (κ2) is 9.97. The minimum absolute atomic E-state index is 0.0730. The third-order valence-corrected chi connectivity index (χ3v) is 6.24. The zero-order chi connectivity index (χ0) is 22.5. The smallest absolute Gasteiger partial charge is 0.250 e. The monoisotopic (exact) mass is 450 g/mol. The molecular weight excluding hydrogens is 427 g/mol. The zero-order valence-electron chi connectivity index (χ0n) is 17.6. The van der Waals surface area contributed by atoms with Gasteiger partial charge < -0.3 is 10.1 Å². The van der Waals surface area contributed by atoms with Crippen molar-refractivity contribution in [3.63, 3.8) is 0 Å². The number of thioether (sulfide) groups is 1. The normalized spacial score (nSPS) is 15.8. The number of aryl methyl sites for hydroxylation is 1. The maximum atomic E-state index is 14.5. The van der Waals surface area contributed by atoms with Crippen LogP contribution in [0.15, 0.2) is 72.8 Å². The van der Waals surface area contributed by atoms with Crippen LogP contribution in [-0.4, -0.2) is 24.2 Å². The number of benzene rings is 3. The van der Waals surface area contributed by atoms with Crippen molar-refractivity contribution in [3.8, 4) is 0 Å². The molecule has 0 aliphatic carbocycles. The molecule has 2 amide bonds. The van der Waals surface area contributed by atoms with E-state index < -0.39 is 5.82 Å². The van der Waals surface area contributed by atoms with Crippen LogP contribution in [0, 0.1) is 12.7 Å². The molecule has 3 aromatic rings. The SMILES string of the molecule is Cc1ccc(F)c(N2C(=O)CSC2c2cccc(NC(=O)COCc3ccccc3)c2)c1. The number of hydrogen-bond acceptors (Lipinski definition) is 4. The maximum Gasteiger partial charge on any atom is 0.250 e. The van der Waals surface area contributed by atoms with E-state index in [4.69, 9.17) is 4.74 Å². The Kier molecular flexibility index (Phi) is 6.87. The molecule has 0 spiro atoms. The fourth-order valence-electron chi connectivity index (χ4n) is 3.54. The molecule has 1 aliphatic rings. The van der Waals surface area contributed by atoms with Crippen molar-refractivity contribution in [2.24, 2.45) is 0 Å². The van der Waals surface area contributed by atoms with E-state index in [9.17, 15) is 14.0 Å². The number of carbonyl (C=O) groups excluding carboxylic acids is 2. The van der Waals surface area contributed by atoms with Crippen molar-refractivity contribution in [2.45, 2.75) is 18.9 Å². The van der Waals surface area contributed by atoms with Crippen molar-refractivity contribution in [1.29, 1.82) is 0 Å². The fourth-order valence-corrected chi connectivity index (χ4v) is 4.70. The van der Waals surface area contributed by atoms with Crippen LogP contribution in [0.2, 0.25) is 0 Å².